The van der Waals surface area contributed by atoms with Crippen LogP contribution in [-0.4, -0.2) is 29.9 Å². The van der Waals surface area contributed by atoms with E-state index in [-0.39, 0.29) is 11.7 Å². The molecular formula is C17H20FN3O. The van der Waals surface area contributed by atoms with E-state index >= 15 is 0 Å². The Labute approximate surface area is 130 Å². The van der Waals surface area contributed by atoms with Crippen LogP contribution in [0, 0.1) is 12.7 Å². The zero-order chi connectivity index (χ0) is 16.1. The highest BCUT2D eigenvalue weighted by molar-refractivity contribution is 5.83. The number of hydrogen-bond donors (Lipinski definition) is 1. The van der Waals surface area contributed by atoms with Gasteiger partial charge in [0.15, 0.2) is 0 Å². The summed E-state index contributed by atoms with van der Waals surface area (Å²) in [7, 11) is 3.65. The molecule has 0 radical (unpaired) electrons. The van der Waals surface area contributed by atoms with E-state index in [4.69, 9.17) is 0 Å². The molecule has 0 aliphatic rings. The van der Waals surface area contributed by atoms with E-state index in [1.54, 1.807) is 24.5 Å². The maximum absolute atomic E-state index is 13.0. The summed E-state index contributed by atoms with van der Waals surface area (Å²) in [5, 5.41) is 2.93. The Kier molecular flexibility index (Phi) is 5.22. The summed E-state index contributed by atoms with van der Waals surface area (Å²) in [5.74, 6) is -0.429. The highest BCUT2D eigenvalue weighted by atomic mass is 19.1. The number of halogens is 1. The van der Waals surface area contributed by atoms with E-state index < -0.39 is 6.04 Å². The van der Waals surface area contributed by atoms with Gasteiger partial charge in [0.05, 0.1) is 0 Å². The van der Waals surface area contributed by atoms with Gasteiger partial charge in [-0.2, -0.15) is 0 Å². The summed E-state index contributed by atoms with van der Waals surface area (Å²) in [4.78, 5) is 18.3. The van der Waals surface area contributed by atoms with Crippen LogP contribution in [0.3, 0.4) is 0 Å². The molecule has 0 bridgehead atoms. The second-order valence-corrected chi connectivity index (χ2v) is 5.44. The molecule has 1 aromatic heterocycles. The number of likely N-dealkylation sites (N-methyl/N-ethyl adjacent to an activating group) is 1. The Morgan fingerprint density at radius 1 is 1.27 bits per heavy atom. The summed E-state index contributed by atoms with van der Waals surface area (Å²) < 4.78 is 13.0. The molecule has 0 spiro atoms. The molecule has 1 amide bonds. The van der Waals surface area contributed by atoms with Gasteiger partial charge in [0, 0.05) is 18.9 Å². The van der Waals surface area contributed by atoms with Crippen molar-refractivity contribution in [3.05, 3.63) is 65.2 Å². The number of aromatic nitrogens is 1. The van der Waals surface area contributed by atoms with E-state index in [0.29, 0.717) is 6.54 Å². The highest BCUT2D eigenvalue weighted by Gasteiger charge is 2.22. The molecule has 2 aromatic rings. The minimum atomic E-state index is -0.456. The molecule has 5 heteroatoms. The second-order valence-electron chi connectivity index (χ2n) is 5.44. The molecule has 22 heavy (non-hydrogen) atoms. The van der Waals surface area contributed by atoms with Crippen LogP contribution in [-0.2, 0) is 11.3 Å². The average molecular weight is 301 g/mol. The maximum atomic E-state index is 13.0. The van der Waals surface area contributed by atoms with E-state index in [2.05, 4.69) is 10.3 Å². The van der Waals surface area contributed by atoms with Crippen LogP contribution >= 0.6 is 0 Å². The van der Waals surface area contributed by atoms with Crippen molar-refractivity contribution >= 4 is 5.91 Å². The minimum Gasteiger partial charge on any atom is -0.350 e. The van der Waals surface area contributed by atoms with Crippen LogP contribution in [0.4, 0.5) is 4.39 Å². The Hall–Kier alpha value is -2.27. The van der Waals surface area contributed by atoms with E-state index in [9.17, 15) is 9.18 Å². The van der Waals surface area contributed by atoms with Crippen LogP contribution in [0.25, 0.3) is 0 Å². The zero-order valence-electron chi connectivity index (χ0n) is 13.0. The van der Waals surface area contributed by atoms with Gasteiger partial charge in [-0.05, 0) is 55.9 Å². The number of carbonyl (C=O) groups excluding carboxylic acids is 1. The topological polar surface area (TPSA) is 45.2 Å². The Morgan fingerprint density at radius 3 is 2.55 bits per heavy atom. The molecular weight excluding hydrogens is 281 g/mol. The van der Waals surface area contributed by atoms with Gasteiger partial charge >= 0.3 is 0 Å². The standard InChI is InChI=1S/C17H20FN3O/c1-12-10-19-9-8-14(12)11-20-17(22)16(21(2)3)13-4-6-15(18)7-5-13/h4-10,16H,11H2,1-3H3,(H,20,22)/t16-/m1/s1. The van der Waals surface area contributed by atoms with E-state index in [1.165, 1.54) is 12.1 Å². The SMILES string of the molecule is Cc1cnccc1CNC(=O)[C@@H](c1ccc(F)cc1)N(C)C. The van der Waals surface area contributed by atoms with Gasteiger partial charge < -0.3 is 5.32 Å². The van der Waals surface area contributed by atoms with Gasteiger partial charge in [0.25, 0.3) is 0 Å². The fraction of sp³-hybridized carbons (Fsp3) is 0.294. The first kappa shape index (κ1) is 16.1. The monoisotopic (exact) mass is 301 g/mol. The second kappa shape index (κ2) is 7.13. The first-order valence-corrected chi connectivity index (χ1v) is 7.08. The van der Waals surface area contributed by atoms with Gasteiger partial charge in [-0.15, -0.1) is 0 Å². The lowest BCUT2D eigenvalue weighted by Crippen LogP contribution is -2.36. The molecule has 1 heterocycles. The van der Waals surface area contributed by atoms with Crippen LogP contribution in [0.1, 0.15) is 22.7 Å². The van der Waals surface area contributed by atoms with Gasteiger partial charge in [0.2, 0.25) is 5.91 Å². The average Bonchev–Trinajstić information content (AvgIpc) is 2.48. The molecule has 0 unspecified atom stereocenters. The van der Waals surface area contributed by atoms with Crippen LogP contribution in [0.5, 0.6) is 0 Å². The number of carbonyl (C=O) groups is 1. The smallest absolute Gasteiger partial charge is 0.242 e. The Balaban J connectivity index is 2.10. The van der Waals surface area contributed by atoms with E-state index in [1.807, 2.05) is 32.0 Å². The Bertz CT molecular complexity index is 641. The van der Waals surface area contributed by atoms with Crippen molar-refractivity contribution in [3.63, 3.8) is 0 Å². The number of hydrogen-bond acceptors (Lipinski definition) is 3. The lowest BCUT2D eigenvalue weighted by Gasteiger charge is -2.24. The first-order valence-electron chi connectivity index (χ1n) is 7.08. The number of pyridine rings is 1. The molecule has 0 saturated carbocycles. The fourth-order valence-corrected chi connectivity index (χ4v) is 2.31. The lowest BCUT2D eigenvalue weighted by atomic mass is 10.0. The van der Waals surface area contributed by atoms with Gasteiger partial charge in [-0.1, -0.05) is 12.1 Å². The molecule has 116 valence electrons. The summed E-state index contributed by atoms with van der Waals surface area (Å²) >= 11 is 0. The number of rotatable bonds is 5. The number of aryl methyl sites for hydroxylation is 1. The third-order valence-electron chi connectivity index (χ3n) is 3.54. The normalized spacial score (nSPS) is 12.2. The van der Waals surface area contributed by atoms with Gasteiger partial charge in [0.1, 0.15) is 11.9 Å². The molecule has 1 N–H and O–H groups in total. The minimum absolute atomic E-state index is 0.118. The molecule has 0 saturated heterocycles. The van der Waals surface area contributed by atoms with Crippen molar-refractivity contribution in [2.24, 2.45) is 0 Å². The molecule has 2 rings (SSSR count). The fourth-order valence-electron chi connectivity index (χ4n) is 2.31. The highest BCUT2D eigenvalue weighted by Crippen LogP contribution is 2.19. The van der Waals surface area contributed by atoms with Gasteiger partial charge in [-0.25, -0.2) is 4.39 Å². The van der Waals surface area contributed by atoms with Gasteiger partial charge in [-0.3, -0.25) is 14.7 Å². The van der Waals surface area contributed by atoms with Crippen molar-refractivity contribution in [1.82, 2.24) is 15.2 Å². The summed E-state index contributed by atoms with van der Waals surface area (Å²) in [6.07, 6.45) is 3.47. The Morgan fingerprint density at radius 2 is 1.95 bits per heavy atom. The third kappa shape index (κ3) is 3.89. The maximum Gasteiger partial charge on any atom is 0.242 e. The van der Waals surface area contributed by atoms with Crippen LogP contribution in [0.15, 0.2) is 42.7 Å². The lowest BCUT2D eigenvalue weighted by molar-refractivity contribution is -0.125. The quantitative estimate of drug-likeness (QED) is 0.922. The van der Waals surface area contributed by atoms with Crippen molar-refractivity contribution in [3.8, 4) is 0 Å². The largest absolute Gasteiger partial charge is 0.350 e. The predicted octanol–water partition coefficient (Wildman–Crippen LogP) is 2.45. The third-order valence-corrected chi connectivity index (χ3v) is 3.54. The summed E-state index contributed by atoms with van der Waals surface area (Å²) in [6.45, 7) is 2.40. The summed E-state index contributed by atoms with van der Waals surface area (Å²) in [5.41, 5.74) is 2.82. The molecule has 0 aliphatic carbocycles. The molecule has 1 aromatic carbocycles. The molecule has 4 nitrogen and oxygen atoms in total. The van der Waals surface area contributed by atoms with Crippen molar-refractivity contribution in [2.45, 2.75) is 19.5 Å². The van der Waals surface area contributed by atoms with Crippen molar-refractivity contribution in [1.29, 1.82) is 0 Å². The first-order chi connectivity index (χ1) is 10.5. The molecule has 0 fully saturated rings. The zero-order valence-corrected chi connectivity index (χ0v) is 13.0. The van der Waals surface area contributed by atoms with Crippen LogP contribution in [0.2, 0.25) is 0 Å². The predicted molar refractivity (Wildman–Crippen MR) is 83.6 cm³/mol. The van der Waals surface area contributed by atoms with Crippen molar-refractivity contribution in [2.75, 3.05) is 14.1 Å². The number of benzene rings is 1. The molecule has 0 aliphatic heterocycles. The van der Waals surface area contributed by atoms with E-state index in [0.717, 1.165) is 16.7 Å². The summed E-state index contributed by atoms with van der Waals surface area (Å²) in [6, 6.07) is 7.44. The molecule has 1 atom stereocenters. The van der Waals surface area contributed by atoms with Crippen molar-refractivity contribution < 1.29 is 9.18 Å². The number of nitrogens with one attached hydrogen (secondary N) is 1. The number of nitrogens with zero attached hydrogens (tertiary/aromatic N) is 2. The van der Waals surface area contributed by atoms with Crippen LogP contribution < -0.4 is 5.32 Å². The number of amides is 1.